The molecule has 2 aromatic carbocycles. The number of ether oxygens (including phenoxy) is 1. The molecule has 3 saturated carbocycles. The van der Waals surface area contributed by atoms with Crippen LogP contribution in [-0.2, 0) is 10.2 Å². The third kappa shape index (κ3) is 1.79. The third-order valence-electron chi connectivity index (χ3n) is 6.82. The number of amides is 1. The lowest BCUT2D eigenvalue weighted by Gasteiger charge is -2.27. The first-order valence-electron chi connectivity index (χ1n) is 9.29. The number of nitrogens with one attached hydrogen (secondary N) is 1. The molecule has 2 aromatic rings. The van der Waals surface area contributed by atoms with E-state index in [1.165, 1.54) is 12.0 Å². The van der Waals surface area contributed by atoms with Gasteiger partial charge in [-0.2, -0.15) is 5.10 Å². The van der Waals surface area contributed by atoms with E-state index >= 15 is 0 Å². The fraction of sp³-hybridized carbons (Fsp3) is 0.364. The van der Waals surface area contributed by atoms with Crippen LogP contribution in [0, 0.1) is 17.3 Å². The first-order valence-corrected chi connectivity index (χ1v) is 9.29. The van der Waals surface area contributed by atoms with Gasteiger partial charge in [-0.3, -0.25) is 4.79 Å². The summed E-state index contributed by atoms with van der Waals surface area (Å²) in [7, 11) is 1.64. The molecule has 0 heterocycles. The largest absolute Gasteiger partial charge is 0.497 e. The Kier molecular flexibility index (Phi) is 3.27. The summed E-state index contributed by atoms with van der Waals surface area (Å²) in [4.78, 5) is 13.0. The highest BCUT2D eigenvalue weighted by Crippen LogP contribution is 2.97. The molecule has 5 rings (SSSR count). The van der Waals surface area contributed by atoms with E-state index in [9.17, 15) is 4.79 Å². The number of rotatable bonds is 5. The van der Waals surface area contributed by atoms with Crippen LogP contribution in [0.15, 0.2) is 59.7 Å². The summed E-state index contributed by atoms with van der Waals surface area (Å²) >= 11 is 0. The summed E-state index contributed by atoms with van der Waals surface area (Å²) in [6.45, 7) is 0. The minimum absolute atomic E-state index is 0.0895. The van der Waals surface area contributed by atoms with Gasteiger partial charge in [0.1, 0.15) is 5.75 Å². The monoisotopic (exact) mass is 346 g/mol. The Morgan fingerprint density at radius 2 is 1.81 bits per heavy atom. The van der Waals surface area contributed by atoms with Gasteiger partial charge in [0, 0.05) is 5.41 Å². The van der Waals surface area contributed by atoms with Gasteiger partial charge in [0.15, 0.2) is 0 Å². The minimum atomic E-state index is -0.205. The number of carbonyl (C=O) groups excluding carboxylic acids is 1. The fourth-order valence-corrected chi connectivity index (χ4v) is 5.84. The molecule has 26 heavy (non-hydrogen) atoms. The van der Waals surface area contributed by atoms with Crippen LogP contribution < -0.4 is 10.2 Å². The Morgan fingerprint density at radius 3 is 2.46 bits per heavy atom. The number of hydrogen-bond acceptors (Lipinski definition) is 3. The van der Waals surface area contributed by atoms with E-state index in [-0.39, 0.29) is 16.7 Å². The molecule has 1 N–H and O–H groups in total. The number of methoxy groups -OCH3 is 1. The van der Waals surface area contributed by atoms with Gasteiger partial charge in [-0.15, -0.1) is 0 Å². The van der Waals surface area contributed by atoms with E-state index in [0.29, 0.717) is 11.8 Å². The Balaban J connectivity index is 1.32. The summed E-state index contributed by atoms with van der Waals surface area (Å²) in [5, 5.41) is 4.22. The van der Waals surface area contributed by atoms with Crippen LogP contribution in [-0.4, -0.2) is 19.2 Å². The molecule has 0 unspecified atom stereocenters. The Morgan fingerprint density at radius 1 is 1.12 bits per heavy atom. The number of benzene rings is 2. The van der Waals surface area contributed by atoms with Crippen LogP contribution in [0.3, 0.4) is 0 Å². The second-order valence-corrected chi connectivity index (χ2v) is 7.61. The highest BCUT2D eigenvalue weighted by molar-refractivity contribution is 5.97. The lowest BCUT2D eigenvalue weighted by molar-refractivity contribution is -0.126. The van der Waals surface area contributed by atoms with Crippen molar-refractivity contribution in [1.29, 1.82) is 0 Å². The van der Waals surface area contributed by atoms with Gasteiger partial charge < -0.3 is 4.74 Å². The Bertz CT molecular complexity index is 861. The van der Waals surface area contributed by atoms with Gasteiger partial charge in [0.05, 0.1) is 18.7 Å². The van der Waals surface area contributed by atoms with Crippen LogP contribution in [0.2, 0.25) is 0 Å². The molecule has 0 radical (unpaired) electrons. The molecule has 1 amide bonds. The van der Waals surface area contributed by atoms with E-state index in [1.807, 2.05) is 30.3 Å². The molecule has 3 aliphatic rings. The molecular weight excluding hydrogens is 324 g/mol. The maximum Gasteiger partial charge on any atom is 0.247 e. The quantitative estimate of drug-likeness (QED) is 0.665. The summed E-state index contributed by atoms with van der Waals surface area (Å²) in [5.41, 5.74) is 4.98. The van der Waals surface area contributed by atoms with E-state index in [2.05, 4.69) is 34.8 Å². The zero-order valence-electron chi connectivity index (χ0n) is 14.8. The molecular formula is C22H22N2O2. The molecule has 4 nitrogen and oxygen atoms in total. The van der Waals surface area contributed by atoms with Crippen molar-refractivity contribution in [2.45, 2.75) is 24.7 Å². The van der Waals surface area contributed by atoms with Gasteiger partial charge in [-0.25, -0.2) is 5.43 Å². The zero-order chi connectivity index (χ0) is 17.8. The molecule has 0 aromatic heterocycles. The summed E-state index contributed by atoms with van der Waals surface area (Å²) in [6, 6.07) is 18.2. The van der Waals surface area contributed by atoms with Crippen molar-refractivity contribution in [1.82, 2.24) is 5.43 Å². The highest BCUT2D eigenvalue weighted by Gasteiger charge is 3.01. The van der Waals surface area contributed by atoms with Crippen LogP contribution in [0.4, 0.5) is 0 Å². The van der Waals surface area contributed by atoms with E-state index in [4.69, 9.17) is 4.74 Å². The maximum absolute atomic E-state index is 13.0. The predicted molar refractivity (Wildman–Crippen MR) is 100 cm³/mol. The molecule has 2 atom stereocenters. The minimum Gasteiger partial charge on any atom is -0.497 e. The first kappa shape index (κ1) is 15.6. The zero-order valence-corrected chi connectivity index (χ0v) is 14.8. The summed E-state index contributed by atoms with van der Waals surface area (Å²) < 4.78 is 5.15. The summed E-state index contributed by atoms with van der Waals surface area (Å²) in [6.07, 6.45) is 5.24. The van der Waals surface area contributed by atoms with Gasteiger partial charge in [0.2, 0.25) is 5.91 Å². The molecule has 0 bridgehead atoms. The number of hydrazone groups is 1. The SMILES string of the molecule is COc1ccc(/C=N/NC(=O)C23[C@@H]4CCC[C@@H]2C43c2ccccc2)cc1. The smallest absolute Gasteiger partial charge is 0.247 e. The van der Waals surface area contributed by atoms with Gasteiger partial charge >= 0.3 is 0 Å². The average Bonchev–Trinajstić information content (AvgIpc) is 3.56. The molecule has 132 valence electrons. The number of nitrogens with zero attached hydrogens (tertiary/aromatic N) is 1. The standard InChI is InChI=1S/C22H22N2O2/c1-26-17-12-10-15(11-13-17)14-23-24-20(25)22-18-8-5-9-19(22)21(18,22)16-6-3-2-4-7-16/h2-4,6-7,10-14,18-19H,5,8-9H2,1H3,(H,24,25)/b23-14+/t18-,19-,21?,22?/m1/s1. The van der Waals surface area contributed by atoms with Gasteiger partial charge in [-0.05, 0) is 60.1 Å². The molecule has 0 aliphatic heterocycles. The molecule has 0 saturated heterocycles. The van der Waals surface area contributed by atoms with E-state index in [0.717, 1.165) is 24.2 Å². The maximum atomic E-state index is 13.0. The lowest BCUT2D eigenvalue weighted by Crippen LogP contribution is -2.31. The predicted octanol–water partition coefficient (Wildman–Crippen LogP) is 3.51. The van der Waals surface area contributed by atoms with Crippen LogP contribution in [0.1, 0.15) is 30.4 Å². The van der Waals surface area contributed by atoms with Crippen molar-refractivity contribution in [2.24, 2.45) is 22.4 Å². The lowest BCUT2D eigenvalue weighted by atomic mass is 9.77. The second-order valence-electron chi connectivity index (χ2n) is 7.61. The number of fused-ring (bicyclic) bond motifs is 2. The van der Waals surface area contributed by atoms with Crippen LogP contribution in [0.25, 0.3) is 0 Å². The Hall–Kier alpha value is -2.62. The average molecular weight is 346 g/mol. The van der Waals surface area contributed by atoms with Crippen molar-refractivity contribution < 1.29 is 9.53 Å². The third-order valence-corrected chi connectivity index (χ3v) is 6.82. The topological polar surface area (TPSA) is 50.7 Å². The van der Waals surface area contributed by atoms with Crippen molar-refractivity contribution in [2.75, 3.05) is 7.11 Å². The number of carbonyl (C=O) groups is 1. The molecule has 0 spiro atoms. The second kappa shape index (κ2) is 5.44. The molecule has 3 aliphatic carbocycles. The van der Waals surface area contributed by atoms with Crippen LogP contribution in [0.5, 0.6) is 5.75 Å². The van der Waals surface area contributed by atoms with Crippen molar-refractivity contribution in [3.8, 4) is 5.75 Å². The Labute approximate surface area is 153 Å². The normalized spacial score (nSPS) is 33.4. The number of hydrogen-bond donors (Lipinski definition) is 1. The van der Waals surface area contributed by atoms with Crippen LogP contribution >= 0.6 is 0 Å². The first-order chi connectivity index (χ1) is 12.8. The van der Waals surface area contributed by atoms with E-state index in [1.54, 1.807) is 13.3 Å². The van der Waals surface area contributed by atoms with Gasteiger partial charge in [-0.1, -0.05) is 36.8 Å². The summed E-state index contributed by atoms with van der Waals surface area (Å²) in [5.74, 6) is 1.89. The highest BCUT2D eigenvalue weighted by atomic mass is 16.5. The van der Waals surface area contributed by atoms with Crippen molar-refractivity contribution in [3.63, 3.8) is 0 Å². The molecule has 3 fully saturated rings. The van der Waals surface area contributed by atoms with Crippen molar-refractivity contribution in [3.05, 3.63) is 65.7 Å². The molecule has 4 heteroatoms. The van der Waals surface area contributed by atoms with E-state index < -0.39 is 0 Å². The van der Waals surface area contributed by atoms with Crippen molar-refractivity contribution >= 4 is 12.1 Å². The fourth-order valence-electron chi connectivity index (χ4n) is 5.84. The van der Waals surface area contributed by atoms with Gasteiger partial charge in [0.25, 0.3) is 0 Å².